The minimum atomic E-state index is -0.286. The first-order valence-electron chi connectivity index (χ1n) is 6.28. The summed E-state index contributed by atoms with van der Waals surface area (Å²) in [6, 6.07) is 1.80. The molecule has 5 nitrogen and oxygen atoms in total. The smallest absolute Gasteiger partial charge is 0.242 e. The molecule has 0 aliphatic rings. The normalized spacial score (nSPS) is 12.1. The van der Waals surface area contributed by atoms with Crippen molar-refractivity contribution in [2.24, 2.45) is 0 Å². The molecule has 1 atom stereocenters. The molecule has 0 fully saturated rings. The summed E-state index contributed by atoms with van der Waals surface area (Å²) in [5, 5.41) is 9.18. The van der Waals surface area contributed by atoms with E-state index in [1.807, 2.05) is 33.8 Å². The number of rotatable bonds is 6. The summed E-state index contributed by atoms with van der Waals surface area (Å²) in [7, 11) is 0. The molecular formula is C13H22N4O. The van der Waals surface area contributed by atoms with E-state index in [0.29, 0.717) is 0 Å². The van der Waals surface area contributed by atoms with Crippen LogP contribution in [-0.2, 0) is 4.79 Å². The van der Waals surface area contributed by atoms with Gasteiger partial charge in [0.25, 0.3) is 0 Å². The minimum Gasteiger partial charge on any atom is -0.384 e. The fourth-order valence-corrected chi connectivity index (χ4v) is 1.54. The van der Waals surface area contributed by atoms with Gasteiger partial charge < -0.3 is 16.0 Å². The molecule has 1 heterocycles. The lowest BCUT2D eigenvalue weighted by atomic mass is 10.2. The van der Waals surface area contributed by atoms with E-state index >= 15 is 0 Å². The molecule has 5 heteroatoms. The monoisotopic (exact) mass is 250 g/mol. The number of carbonyl (C=O) groups is 1. The van der Waals surface area contributed by atoms with Gasteiger partial charge in [0, 0.05) is 12.6 Å². The number of hydrogen-bond donors (Lipinski definition) is 3. The molecule has 0 aliphatic carbocycles. The second-order valence-corrected chi connectivity index (χ2v) is 4.52. The SMILES string of the molecule is CCNc1cncc(NC(C)C(=O)NC(C)C)c1. The summed E-state index contributed by atoms with van der Waals surface area (Å²) in [5.41, 5.74) is 1.78. The van der Waals surface area contributed by atoms with Crippen LogP contribution in [0.4, 0.5) is 11.4 Å². The number of pyridine rings is 1. The predicted octanol–water partition coefficient (Wildman–Crippen LogP) is 1.84. The van der Waals surface area contributed by atoms with Gasteiger partial charge in [0.1, 0.15) is 6.04 Å². The van der Waals surface area contributed by atoms with Gasteiger partial charge in [-0.05, 0) is 33.8 Å². The van der Waals surface area contributed by atoms with E-state index in [4.69, 9.17) is 0 Å². The molecule has 0 saturated carbocycles. The molecule has 0 saturated heterocycles. The quantitative estimate of drug-likeness (QED) is 0.720. The van der Waals surface area contributed by atoms with Crippen LogP contribution in [0.1, 0.15) is 27.7 Å². The Morgan fingerprint density at radius 2 is 1.94 bits per heavy atom. The van der Waals surface area contributed by atoms with Crippen molar-refractivity contribution in [3.8, 4) is 0 Å². The van der Waals surface area contributed by atoms with Crippen molar-refractivity contribution < 1.29 is 4.79 Å². The van der Waals surface area contributed by atoms with Gasteiger partial charge in [-0.15, -0.1) is 0 Å². The number of nitrogens with one attached hydrogen (secondary N) is 3. The standard InChI is InChI=1S/C13H22N4O/c1-5-15-11-6-12(8-14-7-11)17-10(4)13(18)16-9(2)3/h6-10,15,17H,5H2,1-4H3,(H,16,18). The number of nitrogens with zero attached hydrogens (tertiary/aromatic N) is 1. The van der Waals surface area contributed by atoms with Crippen molar-refractivity contribution in [3.63, 3.8) is 0 Å². The lowest BCUT2D eigenvalue weighted by Crippen LogP contribution is -2.40. The zero-order valence-corrected chi connectivity index (χ0v) is 11.4. The zero-order valence-electron chi connectivity index (χ0n) is 11.4. The fraction of sp³-hybridized carbons (Fsp3) is 0.538. The van der Waals surface area contributed by atoms with Crippen molar-refractivity contribution >= 4 is 17.3 Å². The van der Waals surface area contributed by atoms with Gasteiger partial charge in [-0.2, -0.15) is 0 Å². The third-order valence-corrected chi connectivity index (χ3v) is 2.33. The van der Waals surface area contributed by atoms with E-state index in [1.165, 1.54) is 0 Å². The first-order chi connectivity index (χ1) is 8.52. The average Bonchev–Trinajstić information content (AvgIpc) is 2.29. The molecule has 1 unspecified atom stereocenters. The molecule has 0 spiro atoms. The Morgan fingerprint density at radius 3 is 2.56 bits per heavy atom. The largest absolute Gasteiger partial charge is 0.384 e. The Morgan fingerprint density at radius 1 is 1.28 bits per heavy atom. The van der Waals surface area contributed by atoms with E-state index in [2.05, 4.69) is 20.9 Å². The van der Waals surface area contributed by atoms with Crippen LogP contribution >= 0.6 is 0 Å². The first kappa shape index (κ1) is 14.3. The third kappa shape index (κ3) is 4.61. The van der Waals surface area contributed by atoms with E-state index in [9.17, 15) is 4.79 Å². The topological polar surface area (TPSA) is 66.0 Å². The summed E-state index contributed by atoms with van der Waals surface area (Å²) in [5.74, 6) is -0.0150. The highest BCUT2D eigenvalue weighted by atomic mass is 16.2. The predicted molar refractivity (Wildman–Crippen MR) is 74.8 cm³/mol. The molecule has 18 heavy (non-hydrogen) atoms. The molecule has 0 bridgehead atoms. The van der Waals surface area contributed by atoms with Crippen LogP contribution in [0.3, 0.4) is 0 Å². The lowest BCUT2D eigenvalue weighted by Gasteiger charge is -2.17. The van der Waals surface area contributed by atoms with Crippen molar-refractivity contribution in [2.75, 3.05) is 17.2 Å². The van der Waals surface area contributed by atoms with Crippen LogP contribution in [0.5, 0.6) is 0 Å². The Hall–Kier alpha value is -1.78. The number of anilines is 2. The van der Waals surface area contributed by atoms with Gasteiger partial charge in [0.05, 0.1) is 23.8 Å². The summed E-state index contributed by atoms with van der Waals surface area (Å²) in [4.78, 5) is 15.9. The van der Waals surface area contributed by atoms with Gasteiger partial charge in [0.15, 0.2) is 0 Å². The Labute approximate surface area is 108 Å². The summed E-state index contributed by atoms with van der Waals surface area (Å²) in [6.45, 7) is 8.58. The van der Waals surface area contributed by atoms with Crippen LogP contribution in [0.2, 0.25) is 0 Å². The number of hydrogen-bond acceptors (Lipinski definition) is 4. The van der Waals surface area contributed by atoms with Crippen molar-refractivity contribution in [1.82, 2.24) is 10.3 Å². The highest BCUT2D eigenvalue weighted by Crippen LogP contribution is 2.13. The van der Waals surface area contributed by atoms with E-state index in [0.717, 1.165) is 17.9 Å². The third-order valence-electron chi connectivity index (χ3n) is 2.33. The summed E-state index contributed by atoms with van der Waals surface area (Å²) in [6.07, 6.45) is 3.47. The number of amides is 1. The van der Waals surface area contributed by atoms with Crippen molar-refractivity contribution in [2.45, 2.75) is 39.8 Å². The van der Waals surface area contributed by atoms with Gasteiger partial charge >= 0.3 is 0 Å². The van der Waals surface area contributed by atoms with Gasteiger partial charge in [-0.25, -0.2) is 0 Å². The molecular weight excluding hydrogens is 228 g/mol. The fourth-order valence-electron chi connectivity index (χ4n) is 1.54. The van der Waals surface area contributed by atoms with E-state index in [-0.39, 0.29) is 18.0 Å². The van der Waals surface area contributed by atoms with E-state index < -0.39 is 0 Å². The molecule has 3 N–H and O–H groups in total. The van der Waals surface area contributed by atoms with Crippen molar-refractivity contribution in [3.05, 3.63) is 18.5 Å². The molecule has 0 aromatic carbocycles. The van der Waals surface area contributed by atoms with Crippen LogP contribution in [0.25, 0.3) is 0 Å². The lowest BCUT2D eigenvalue weighted by molar-refractivity contribution is -0.122. The van der Waals surface area contributed by atoms with Gasteiger partial charge in [0.2, 0.25) is 5.91 Å². The molecule has 100 valence electrons. The van der Waals surface area contributed by atoms with Gasteiger partial charge in [-0.1, -0.05) is 0 Å². The highest BCUT2D eigenvalue weighted by molar-refractivity contribution is 5.84. The maximum absolute atomic E-state index is 11.8. The van der Waals surface area contributed by atoms with Gasteiger partial charge in [-0.3, -0.25) is 9.78 Å². The molecule has 1 rings (SSSR count). The van der Waals surface area contributed by atoms with E-state index in [1.54, 1.807) is 12.4 Å². The molecule has 1 aromatic rings. The molecule has 0 radical (unpaired) electrons. The maximum Gasteiger partial charge on any atom is 0.242 e. The molecule has 0 aliphatic heterocycles. The Bertz CT molecular complexity index is 392. The average molecular weight is 250 g/mol. The number of carbonyl (C=O) groups excluding carboxylic acids is 1. The zero-order chi connectivity index (χ0) is 13.5. The molecule has 1 aromatic heterocycles. The summed E-state index contributed by atoms with van der Waals surface area (Å²) < 4.78 is 0. The van der Waals surface area contributed by atoms with Crippen LogP contribution < -0.4 is 16.0 Å². The van der Waals surface area contributed by atoms with Crippen molar-refractivity contribution in [1.29, 1.82) is 0 Å². The summed E-state index contributed by atoms with van der Waals surface area (Å²) >= 11 is 0. The number of aromatic nitrogens is 1. The Kier molecular flexibility index (Phi) is 5.42. The maximum atomic E-state index is 11.8. The second-order valence-electron chi connectivity index (χ2n) is 4.52. The first-order valence-corrected chi connectivity index (χ1v) is 6.28. The minimum absolute atomic E-state index is 0.0150. The second kappa shape index (κ2) is 6.83. The van der Waals surface area contributed by atoms with Crippen LogP contribution in [0.15, 0.2) is 18.5 Å². The Balaban J connectivity index is 2.60. The molecule has 1 amide bonds. The van der Waals surface area contributed by atoms with Crippen LogP contribution in [-0.4, -0.2) is 29.5 Å². The van der Waals surface area contributed by atoms with Crippen LogP contribution in [0, 0.1) is 0 Å². The highest BCUT2D eigenvalue weighted by Gasteiger charge is 2.13.